The van der Waals surface area contributed by atoms with Crippen molar-refractivity contribution in [2.24, 2.45) is 5.92 Å². The quantitative estimate of drug-likeness (QED) is 0.820. The van der Waals surface area contributed by atoms with Crippen LogP contribution in [0.5, 0.6) is 0 Å². The van der Waals surface area contributed by atoms with Crippen LogP contribution < -0.4 is 10.6 Å². The van der Waals surface area contributed by atoms with Crippen molar-refractivity contribution in [2.75, 3.05) is 44.4 Å². The normalized spacial score (nSPS) is 23.1. The number of nitrogens with zero attached hydrogens (tertiary/aromatic N) is 2. The standard InChI is InChI=1S/C16H26N4O3S/c1-24(21,22)14-11-19-16(18-9-12-4-7-23-8-5-12)20-15(14)13-3-2-6-17-10-13/h11-13,17H,2-10H2,1H3,(H,18,19,20)/t13-/m1/s1. The van der Waals surface area contributed by atoms with Crippen LogP contribution in [0.15, 0.2) is 11.1 Å². The molecule has 24 heavy (non-hydrogen) atoms. The van der Waals surface area contributed by atoms with E-state index >= 15 is 0 Å². The zero-order chi connectivity index (χ0) is 17.0. The Balaban J connectivity index is 1.77. The number of ether oxygens (including phenoxy) is 1. The lowest BCUT2D eigenvalue weighted by molar-refractivity contribution is 0.0699. The van der Waals surface area contributed by atoms with E-state index < -0.39 is 9.84 Å². The van der Waals surface area contributed by atoms with Gasteiger partial charge >= 0.3 is 0 Å². The Morgan fingerprint density at radius 2 is 2.12 bits per heavy atom. The smallest absolute Gasteiger partial charge is 0.222 e. The van der Waals surface area contributed by atoms with Gasteiger partial charge < -0.3 is 15.4 Å². The van der Waals surface area contributed by atoms with Crippen molar-refractivity contribution < 1.29 is 13.2 Å². The zero-order valence-electron chi connectivity index (χ0n) is 14.1. The molecule has 0 radical (unpaired) electrons. The second-order valence-corrected chi connectivity index (χ2v) is 8.68. The summed E-state index contributed by atoms with van der Waals surface area (Å²) in [4.78, 5) is 9.06. The van der Waals surface area contributed by atoms with Crippen LogP contribution in [-0.2, 0) is 14.6 Å². The molecule has 2 aliphatic heterocycles. The van der Waals surface area contributed by atoms with E-state index in [9.17, 15) is 8.42 Å². The maximum atomic E-state index is 12.1. The van der Waals surface area contributed by atoms with Gasteiger partial charge in [-0.1, -0.05) is 0 Å². The zero-order valence-corrected chi connectivity index (χ0v) is 14.9. The fourth-order valence-corrected chi connectivity index (χ4v) is 4.16. The first-order chi connectivity index (χ1) is 11.5. The van der Waals surface area contributed by atoms with Crippen molar-refractivity contribution >= 4 is 15.8 Å². The summed E-state index contributed by atoms with van der Waals surface area (Å²) in [6.45, 7) is 4.14. The van der Waals surface area contributed by atoms with Crippen molar-refractivity contribution in [3.05, 3.63) is 11.9 Å². The van der Waals surface area contributed by atoms with Gasteiger partial charge in [-0.3, -0.25) is 0 Å². The van der Waals surface area contributed by atoms with E-state index in [0.29, 0.717) is 17.6 Å². The highest BCUT2D eigenvalue weighted by atomic mass is 32.2. The number of nitrogens with one attached hydrogen (secondary N) is 2. The van der Waals surface area contributed by atoms with Crippen LogP contribution in [-0.4, -0.2) is 57.5 Å². The molecular weight excluding hydrogens is 328 g/mol. The lowest BCUT2D eigenvalue weighted by Crippen LogP contribution is -2.30. The van der Waals surface area contributed by atoms with Gasteiger partial charge in [0.2, 0.25) is 5.95 Å². The molecule has 0 unspecified atom stereocenters. The van der Waals surface area contributed by atoms with Gasteiger partial charge in [0.15, 0.2) is 9.84 Å². The highest BCUT2D eigenvalue weighted by Gasteiger charge is 2.25. The monoisotopic (exact) mass is 354 g/mol. The van der Waals surface area contributed by atoms with Crippen molar-refractivity contribution in [3.8, 4) is 0 Å². The minimum Gasteiger partial charge on any atom is -0.381 e. The van der Waals surface area contributed by atoms with Gasteiger partial charge in [0.05, 0.1) is 11.9 Å². The Morgan fingerprint density at radius 3 is 2.79 bits per heavy atom. The van der Waals surface area contributed by atoms with E-state index in [1.54, 1.807) is 0 Å². The van der Waals surface area contributed by atoms with Gasteiger partial charge in [0.1, 0.15) is 4.90 Å². The lowest BCUT2D eigenvalue weighted by Gasteiger charge is -2.25. The van der Waals surface area contributed by atoms with Crippen LogP contribution in [0.3, 0.4) is 0 Å². The van der Waals surface area contributed by atoms with E-state index in [4.69, 9.17) is 4.74 Å². The molecular formula is C16H26N4O3S. The Labute approximate surface area is 143 Å². The van der Waals surface area contributed by atoms with Gasteiger partial charge in [-0.15, -0.1) is 0 Å². The fourth-order valence-electron chi connectivity index (χ4n) is 3.32. The first-order valence-electron chi connectivity index (χ1n) is 8.63. The lowest BCUT2D eigenvalue weighted by atomic mass is 9.96. The van der Waals surface area contributed by atoms with E-state index in [1.807, 2.05) is 0 Å². The maximum absolute atomic E-state index is 12.1. The molecule has 1 aromatic heterocycles. The highest BCUT2D eigenvalue weighted by molar-refractivity contribution is 7.90. The number of hydrogen-bond donors (Lipinski definition) is 2. The topological polar surface area (TPSA) is 93.2 Å². The van der Waals surface area contributed by atoms with Crippen LogP contribution in [0.4, 0.5) is 5.95 Å². The van der Waals surface area contributed by atoms with Crippen molar-refractivity contribution in [1.29, 1.82) is 0 Å². The maximum Gasteiger partial charge on any atom is 0.222 e. The Morgan fingerprint density at radius 1 is 1.33 bits per heavy atom. The molecule has 1 aromatic rings. The summed E-state index contributed by atoms with van der Waals surface area (Å²) in [7, 11) is -3.33. The molecule has 134 valence electrons. The van der Waals surface area contributed by atoms with Crippen LogP contribution in [0, 0.1) is 5.92 Å². The molecule has 3 rings (SSSR count). The third kappa shape index (κ3) is 4.43. The Hall–Kier alpha value is -1.25. The molecule has 0 spiro atoms. The molecule has 2 N–H and O–H groups in total. The van der Waals surface area contributed by atoms with E-state index in [0.717, 1.165) is 58.5 Å². The molecule has 0 aromatic carbocycles. The van der Waals surface area contributed by atoms with E-state index in [-0.39, 0.29) is 10.8 Å². The number of sulfone groups is 1. The Kier molecular flexibility index (Phi) is 5.68. The third-order valence-corrected chi connectivity index (χ3v) is 5.87. The highest BCUT2D eigenvalue weighted by Crippen LogP contribution is 2.28. The van der Waals surface area contributed by atoms with Gasteiger partial charge in [-0.2, -0.15) is 0 Å². The van der Waals surface area contributed by atoms with Crippen molar-refractivity contribution in [1.82, 2.24) is 15.3 Å². The van der Waals surface area contributed by atoms with Crippen LogP contribution in [0.1, 0.15) is 37.3 Å². The summed E-state index contributed by atoms with van der Waals surface area (Å²) < 4.78 is 29.5. The fraction of sp³-hybridized carbons (Fsp3) is 0.750. The molecule has 0 bridgehead atoms. The second kappa shape index (κ2) is 7.76. The molecule has 2 fully saturated rings. The molecule has 2 saturated heterocycles. The van der Waals surface area contributed by atoms with E-state index in [2.05, 4.69) is 20.6 Å². The van der Waals surface area contributed by atoms with Crippen LogP contribution in [0.25, 0.3) is 0 Å². The summed E-state index contributed by atoms with van der Waals surface area (Å²) in [5, 5.41) is 6.61. The molecule has 1 atom stereocenters. The minimum absolute atomic E-state index is 0.120. The summed E-state index contributed by atoms with van der Waals surface area (Å²) in [5.74, 6) is 1.20. The molecule has 7 nitrogen and oxygen atoms in total. The predicted molar refractivity (Wildman–Crippen MR) is 92.0 cm³/mol. The molecule has 0 aliphatic carbocycles. The van der Waals surface area contributed by atoms with E-state index in [1.165, 1.54) is 12.5 Å². The minimum atomic E-state index is -3.33. The van der Waals surface area contributed by atoms with Gasteiger partial charge in [0.25, 0.3) is 0 Å². The summed E-state index contributed by atoms with van der Waals surface area (Å²) >= 11 is 0. The number of piperidine rings is 1. The predicted octanol–water partition coefficient (Wildman–Crippen LogP) is 1.19. The van der Waals surface area contributed by atoms with Gasteiger partial charge in [-0.05, 0) is 38.1 Å². The Bertz CT molecular complexity index is 653. The summed E-state index contributed by atoms with van der Waals surface area (Å²) in [6, 6.07) is 0. The molecule has 3 heterocycles. The molecule has 0 saturated carbocycles. The third-order valence-electron chi connectivity index (χ3n) is 4.76. The largest absolute Gasteiger partial charge is 0.381 e. The average molecular weight is 354 g/mol. The average Bonchev–Trinajstić information content (AvgIpc) is 2.60. The molecule has 2 aliphatic rings. The summed E-state index contributed by atoms with van der Waals surface area (Å²) in [5.41, 5.74) is 0.647. The van der Waals surface area contributed by atoms with Crippen LogP contribution >= 0.6 is 0 Å². The second-order valence-electron chi connectivity index (χ2n) is 6.70. The number of aromatic nitrogens is 2. The SMILES string of the molecule is CS(=O)(=O)c1cnc(NCC2CCOCC2)nc1[C@@H]1CCCNC1. The molecule has 0 amide bonds. The van der Waals surface area contributed by atoms with Crippen LogP contribution in [0.2, 0.25) is 0 Å². The van der Waals surface area contributed by atoms with Gasteiger partial charge in [-0.25, -0.2) is 18.4 Å². The number of anilines is 1. The van der Waals surface area contributed by atoms with Crippen molar-refractivity contribution in [3.63, 3.8) is 0 Å². The van der Waals surface area contributed by atoms with Gasteiger partial charge in [0, 0.05) is 38.5 Å². The molecule has 8 heteroatoms. The number of hydrogen-bond acceptors (Lipinski definition) is 7. The number of rotatable bonds is 5. The van der Waals surface area contributed by atoms with Crippen molar-refractivity contribution in [2.45, 2.75) is 36.5 Å². The first kappa shape index (κ1) is 17.6. The summed E-state index contributed by atoms with van der Waals surface area (Å²) in [6.07, 6.45) is 6.73. The first-order valence-corrected chi connectivity index (χ1v) is 10.5.